The summed E-state index contributed by atoms with van der Waals surface area (Å²) >= 11 is 0. The van der Waals surface area contributed by atoms with E-state index < -0.39 is 15.9 Å². The average molecular weight is 230 g/mol. The number of carbonyl (C=O) groups is 1. The minimum absolute atomic E-state index is 0.166. The summed E-state index contributed by atoms with van der Waals surface area (Å²) in [5.74, 6) is -0.276. The van der Waals surface area contributed by atoms with E-state index in [2.05, 4.69) is 0 Å². The average Bonchev–Trinajstić information content (AvgIpc) is 2.14. The van der Waals surface area contributed by atoms with E-state index >= 15 is 0 Å². The first-order valence-electron chi connectivity index (χ1n) is 4.39. The highest BCUT2D eigenvalue weighted by Crippen LogP contribution is 2.13. The van der Waals surface area contributed by atoms with Gasteiger partial charge < -0.3 is 9.84 Å². The van der Waals surface area contributed by atoms with Crippen LogP contribution in [0.15, 0.2) is 24.3 Å². The lowest BCUT2D eigenvalue weighted by Crippen LogP contribution is -2.16. The van der Waals surface area contributed by atoms with E-state index in [-0.39, 0.29) is 11.5 Å². The van der Waals surface area contributed by atoms with Crippen LogP contribution in [0.3, 0.4) is 0 Å². The second kappa shape index (κ2) is 4.44. The molecule has 0 unspecified atom stereocenters. The number of aromatic carboxylic acids is 1. The van der Waals surface area contributed by atoms with Crippen molar-refractivity contribution in [2.24, 2.45) is 0 Å². The zero-order valence-corrected chi connectivity index (χ0v) is 9.53. The molecule has 0 spiro atoms. The molecule has 0 aliphatic rings. The van der Waals surface area contributed by atoms with Crippen LogP contribution in [0.1, 0.15) is 10.4 Å². The van der Waals surface area contributed by atoms with Gasteiger partial charge in [-0.2, -0.15) is 0 Å². The minimum Gasteiger partial charge on any atom is -0.482 e. The third-order valence-corrected chi connectivity index (χ3v) is 2.39. The van der Waals surface area contributed by atoms with Crippen LogP contribution in [0.2, 0.25) is 0 Å². The Morgan fingerprint density at radius 2 is 1.87 bits per heavy atom. The van der Waals surface area contributed by atoms with Crippen molar-refractivity contribution in [1.29, 1.82) is 0 Å². The number of benzene rings is 1. The summed E-state index contributed by atoms with van der Waals surface area (Å²) in [4.78, 5) is 10.5. The number of hydrogen-bond donors (Lipinski definition) is 2. The SMILES string of the molecule is C[SH](C)(=O)COc1ccc(C(=O)O)cc1. The smallest absolute Gasteiger partial charge is 0.335 e. The highest BCUT2D eigenvalue weighted by Gasteiger charge is 2.04. The summed E-state index contributed by atoms with van der Waals surface area (Å²) in [5, 5.41) is 8.65. The first kappa shape index (κ1) is 11.7. The number of carboxylic acids is 1. The Balaban J connectivity index is 2.65. The molecule has 0 aliphatic heterocycles. The quantitative estimate of drug-likeness (QED) is 0.757. The van der Waals surface area contributed by atoms with Crippen molar-refractivity contribution in [3.63, 3.8) is 0 Å². The maximum Gasteiger partial charge on any atom is 0.335 e. The predicted octanol–water partition coefficient (Wildman–Crippen LogP) is 0.997. The molecule has 0 aromatic heterocycles. The number of thiol groups is 1. The molecule has 1 N–H and O–H groups in total. The number of rotatable bonds is 4. The molecule has 0 saturated heterocycles. The summed E-state index contributed by atoms with van der Waals surface area (Å²) in [6.07, 6.45) is 3.28. The lowest BCUT2D eigenvalue weighted by molar-refractivity contribution is 0.0697. The van der Waals surface area contributed by atoms with E-state index in [1.807, 2.05) is 0 Å². The van der Waals surface area contributed by atoms with Crippen molar-refractivity contribution in [3.8, 4) is 5.75 Å². The standard InChI is InChI=1S/C10H14O4S/c1-15(2,13)7-14-9-5-3-8(4-6-9)10(11)12/h3-6,15H,7H2,1-2H3,(H,11,12). The summed E-state index contributed by atoms with van der Waals surface area (Å²) in [7, 11) is -2.20. The normalized spacial score (nSPS) is 12.1. The molecule has 15 heavy (non-hydrogen) atoms. The van der Waals surface area contributed by atoms with E-state index in [1.165, 1.54) is 12.1 Å². The third-order valence-electron chi connectivity index (χ3n) is 1.64. The van der Waals surface area contributed by atoms with Gasteiger partial charge in [0.15, 0.2) is 0 Å². The third kappa shape index (κ3) is 4.12. The molecule has 84 valence electrons. The molecule has 0 aliphatic carbocycles. The van der Waals surface area contributed by atoms with Gasteiger partial charge in [-0.15, -0.1) is 0 Å². The highest BCUT2D eigenvalue weighted by atomic mass is 32.2. The van der Waals surface area contributed by atoms with Gasteiger partial charge in [0.1, 0.15) is 11.7 Å². The fourth-order valence-corrected chi connectivity index (χ4v) is 1.38. The topological polar surface area (TPSA) is 63.6 Å². The van der Waals surface area contributed by atoms with E-state index in [0.29, 0.717) is 5.75 Å². The Morgan fingerprint density at radius 1 is 1.33 bits per heavy atom. The fourth-order valence-electron chi connectivity index (χ4n) is 0.924. The Kier molecular flexibility index (Phi) is 3.47. The van der Waals surface area contributed by atoms with Crippen molar-refractivity contribution in [2.75, 3.05) is 18.5 Å². The van der Waals surface area contributed by atoms with Gasteiger partial charge in [-0.1, -0.05) is 9.93 Å². The molecule has 0 saturated carbocycles. The van der Waals surface area contributed by atoms with Gasteiger partial charge in [-0.3, -0.25) is 4.21 Å². The van der Waals surface area contributed by atoms with E-state index in [4.69, 9.17) is 9.84 Å². The molecule has 0 bridgehead atoms. The van der Waals surface area contributed by atoms with Crippen LogP contribution in [0, 0.1) is 0 Å². The molecule has 0 atom stereocenters. The molecule has 1 aromatic rings. The molecule has 5 heteroatoms. The predicted molar refractivity (Wildman–Crippen MR) is 60.3 cm³/mol. The number of hydrogen-bond acceptors (Lipinski definition) is 3. The minimum atomic E-state index is -2.20. The lowest BCUT2D eigenvalue weighted by atomic mass is 10.2. The lowest BCUT2D eigenvalue weighted by Gasteiger charge is -2.13. The van der Waals surface area contributed by atoms with Gasteiger partial charge in [0.2, 0.25) is 0 Å². The number of ether oxygens (including phenoxy) is 1. The second-order valence-corrected chi connectivity index (χ2v) is 7.08. The second-order valence-electron chi connectivity index (χ2n) is 3.68. The number of carboxylic acid groups (broad SMARTS) is 1. The van der Waals surface area contributed by atoms with Crippen LogP contribution in [-0.4, -0.2) is 33.7 Å². The summed E-state index contributed by atoms with van der Waals surface area (Å²) in [6.45, 7) is 0. The Bertz CT molecular complexity index is 390. The van der Waals surface area contributed by atoms with Crippen LogP contribution >= 0.6 is 0 Å². The summed E-state index contributed by atoms with van der Waals surface area (Å²) in [6, 6.07) is 6.01. The van der Waals surface area contributed by atoms with E-state index in [0.717, 1.165) is 0 Å². The van der Waals surface area contributed by atoms with Gasteiger partial charge in [0, 0.05) is 0 Å². The Hall–Kier alpha value is -1.36. The van der Waals surface area contributed by atoms with Crippen molar-refractivity contribution < 1.29 is 18.8 Å². The van der Waals surface area contributed by atoms with Gasteiger partial charge in [-0.25, -0.2) is 4.79 Å². The molecule has 4 nitrogen and oxygen atoms in total. The van der Waals surface area contributed by atoms with Crippen molar-refractivity contribution in [3.05, 3.63) is 29.8 Å². The first-order valence-corrected chi connectivity index (χ1v) is 7.17. The van der Waals surface area contributed by atoms with Crippen molar-refractivity contribution in [2.45, 2.75) is 0 Å². The van der Waals surface area contributed by atoms with Crippen LogP contribution in [-0.2, 0) is 9.93 Å². The van der Waals surface area contributed by atoms with Gasteiger partial charge in [0.25, 0.3) is 0 Å². The van der Waals surface area contributed by atoms with Crippen LogP contribution in [0.5, 0.6) is 5.75 Å². The van der Waals surface area contributed by atoms with Crippen LogP contribution in [0.4, 0.5) is 0 Å². The van der Waals surface area contributed by atoms with E-state index in [9.17, 15) is 9.00 Å². The molecular weight excluding hydrogens is 216 g/mol. The summed E-state index contributed by atoms with van der Waals surface area (Å²) < 4.78 is 16.6. The molecule has 1 aromatic carbocycles. The van der Waals surface area contributed by atoms with Gasteiger partial charge in [0.05, 0.1) is 5.56 Å². The van der Waals surface area contributed by atoms with E-state index in [1.54, 1.807) is 24.6 Å². The van der Waals surface area contributed by atoms with Crippen LogP contribution < -0.4 is 4.74 Å². The fraction of sp³-hybridized carbons (Fsp3) is 0.300. The van der Waals surface area contributed by atoms with Crippen LogP contribution in [0.25, 0.3) is 0 Å². The van der Waals surface area contributed by atoms with Crippen molar-refractivity contribution >= 4 is 15.9 Å². The monoisotopic (exact) mass is 230 g/mol. The zero-order valence-electron chi connectivity index (χ0n) is 8.64. The maximum absolute atomic E-state index is 11.3. The van der Waals surface area contributed by atoms with Gasteiger partial charge in [-0.05, 0) is 36.8 Å². The van der Waals surface area contributed by atoms with Crippen molar-refractivity contribution in [1.82, 2.24) is 0 Å². The Morgan fingerprint density at radius 3 is 2.27 bits per heavy atom. The molecular formula is C10H14O4S. The first-order chi connectivity index (χ1) is 6.88. The largest absolute Gasteiger partial charge is 0.482 e. The maximum atomic E-state index is 11.3. The molecule has 1 rings (SSSR count). The molecule has 0 amide bonds. The molecule has 0 radical (unpaired) electrons. The highest BCUT2D eigenvalue weighted by molar-refractivity contribution is 8.01. The zero-order chi connectivity index (χ0) is 11.5. The Labute approximate surface area is 89.3 Å². The molecule has 0 fully saturated rings. The summed E-state index contributed by atoms with van der Waals surface area (Å²) in [5.41, 5.74) is 0.207. The molecule has 0 heterocycles. The van der Waals surface area contributed by atoms with Gasteiger partial charge >= 0.3 is 5.97 Å².